The fourth-order valence-electron chi connectivity index (χ4n) is 3.32. The summed E-state index contributed by atoms with van der Waals surface area (Å²) in [7, 11) is 0. The van der Waals surface area contributed by atoms with Crippen molar-refractivity contribution in [3.8, 4) is 0 Å². The fraction of sp³-hybridized carbons (Fsp3) is 0.316. The van der Waals surface area contributed by atoms with E-state index in [4.69, 9.17) is 5.73 Å². The first-order chi connectivity index (χ1) is 11.2. The summed E-state index contributed by atoms with van der Waals surface area (Å²) in [6.07, 6.45) is 0.233. The molecule has 0 radical (unpaired) electrons. The van der Waals surface area contributed by atoms with E-state index in [0.29, 0.717) is 25.2 Å². The summed E-state index contributed by atoms with van der Waals surface area (Å²) < 4.78 is 13.3. The molecule has 2 aromatic carbocycles. The third-order valence-electron chi connectivity index (χ3n) is 4.57. The van der Waals surface area contributed by atoms with Crippen molar-refractivity contribution in [3.63, 3.8) is 0 Å². The Morgan fingerprint density at radius 2 is 1.88 bits per heavy atom. The zero-order chi connectivity index (χ0) is 16.2. The van der Waals surface area contributed by atoms with Gasteiger partial charge >= 0.3 is 0 Å². The lowest BCUT2D eigenvalue weighted by Crippen LogP contribution is -2.31. The lowest BCUT2D eigenvalue weighted by Gasteiger charge is -2.17. The van der Waals surface area contributed by atoms with Gasteiger partial charge in [-0.15, -0.1) is 12.4 Å². The fourth-order valence-corrected chi connectivity index (χ4v) is 3.32. The maximum atomic E-state index is 13.3. The molecule has 0 aromatic heterocycles. The van der Waals surface area contributed by atoms with Gasteiger partial charge in [0.05, 0.1) is 6.42 Å². The predicted molar refractivity (Wildman–Crippen MR) is 95.7 cm³/mol. The van der Waals surface area contributed by atoms with E-state index in [1.54, 1.807) is 12.1 Å². The lowest BCUT2D eigenvalue weighted by molar-refractivity contribution is -0.129. The Morgan fingerprint density at radius 3 is 2.54 bits per heavy atom. The molecule has 128 valence electrons. The van der Waals surface area contributed by atoms with Crippen molar-refractivity contribution < 1.29 is 9.18 Å². The highest BCUT2D eigenvalue weighted by atomic mass is 35.5. The molecule has 24 heavy (non-hydrogen) atoms. The molecule has 3 nitrogen and oxygen atoms in total. The highest BCUT2D eigenvalue weighted by Gasteiger charge is 2.35. The zero-order valence-electron chi connectivity index (χ0n) is 13.4. The van der Waals surface area contributed by atoms with Gasteiger partial charge in [-0.2, -0.15) is 0 Å². The molecule has 1 fully saturated rings. The van der Waals surface area contributed by atoms with Crippen molar-refractivity contribution in [2.75, 3.05) is 19.6 Å². The lowest BCUT2D eigenvalue weighted by atomic mass is 9.89. The number of nitrogens with zero attached hydrogens (tertiary/aromatic N) is 1. The van der Waals surface area contributed by atoms with Crippen molar-refractivity contribution in [2.45, 2.75) is 12.3 Å². The van der Waals surface area contributed by atoms with E-state index in [-0.39, 0.29) is 42.4 Å². The monoisotopic (exact) mass is 348 g/mol. The van der Waals surface area contributed by atoms with Crippen LogP contribution in [0.2, 0.25) is 0 Å². The van der Waals surface area contributed by atoms with E-state index in [9.17, 15) is 9.18 Å². The maximum Gasteiger partial charge on any atom is 0.227 e. The van der Waals surface area contributed by atoms with Gasteiger partial charge in [0.2, 0.25) is 5.91 Å². The van der Waals surface area contributed by atoms with Crippen LogP contribution in [0.1, 0.15) is 17.0 Å². The first kappa shape index (κ1) is 18.4. The minimum Gasteiger partial charge on any atom is -0.341 e. The molecule has 0 saturated carbocycles. The number of hydrogen-bond donors (Lipinski definition) is 1. The van der Waals surface area contributed by atoms with E-state index >= 15 is 0 Å². The molecule has 2 aromatic rings. The van der Waals surface area contributed by atoms with Crippen molar-refractivity contribution in [3.05, 3.63) is 71.5 Å². The van der Waals surface area contributed by atoms with Crippen LogP contribution in [0.15, 0.2) is 54.6 Å². The molecule has 5 heteroatoms. The molecule has 0 unspecified atom stereocenters. The van der Waals surface area contributed by atoms with Crippen molar-refractivity contribution in [1.82, 2.24) is 4.90 Å². The number of rotatable bonds is 4. The molecule has 1 aliphatic heterocycles. The number of carbonyl (C=O) groups excluding carboxylic acids is 1. The van der Waals surface area contributed by atoms with Crippen molar-refractivity contribution >= 4 is 18.3 Å². The minimum atomic E-state index is -0.307. The number of carbonyl (C=O) groups is 1. The van der Waals surface area contributed by atoms with Crippen LogP contribution in [0.5, 0.6) is 0 Å². The van der Waals surface area contributed by atoms with E-state index in [0.717, 1.165) is 0 Å². The third-order valence-corrected chi connectivity index (χ3v) is 4.57. The van der Waals surface area contributed by atoms with Crippen LogP contribution in [0.3, 0.4) is 0 Å². The molecular formula is C19H22ClFN2O. The Kier molecular flexibility index (Phi) is 6.35. The minimum absolute atomic E-state index is 0. The summed E-state index contributed by atoms with van der Waals surface area (Å²) in [6, 6.07) is 16.4. The van der Waals surface area contributed by atoms with Crippen LogP contribution in [0.4, 0.5) is 4.39 Å². The number of hydrogen-bond acceptors (Lipinski definition) is 2. The van der Waals surface area contributed by atoms with Crippen LogP contribution in [-0.2, 0) is 11.2 Å². The molecule has 1 aliphatic rings. The van der Waals surface area contributed by atoms with E-state index < -0.39 is 0 Å². The van der Waals surface area contributed by atoms with Gasteiger partial charge in [0.25, 0.3) is 0 Å². The third kappa shape index (κ3) is 4.13. The number of amides is 1. The summed E-state index contributed by atoms with van der Waals surface area (Å²) in [4.78, 5) is 14.4. The number of nitrogens with two attached hydrogens (primary N) is 1. The molecule has 1 amide bonds. The second-order valence-electron chi connectivity index (χ2n) is 6.12. The molecule has 0 aliphatic carbocycles. The van der Waals surface area contributed by atoms with E-state index in [2.05, 4.69) is 12.1 Å². The Balaban J connectivity index is 0.00000208. The summed E-state index contributed by atoms with van der Waals surface area (Å²) in [5.74, 6) is 0.276. The Hall–Kier alpha value is -1.91. The molecule has 3 rings (SSSR count). The van der Waals surface area contributed by atoms with Gasteiger partial charge < -0.3 is 10.6 Å². The first-order valence-electron chi connectivity index (χ1n) is 7.94. The highest BCUT2D eigenvalue weighted by Crippen LogP contribution is 2.32. The predicted octanol–water partition coefficient (Wildman–Crippen LogP) is 2.99. The zero-order valence-corrected chi connectivity index (χ0v) is 14.2. The number of halogens is 2. The van der Waals surface area contributed by atoms with Gasteiger partial charge in [-0.1, -0.05) is 42.5 Å². The van der Waals surface area contributed by atoms with Gasteiger partial charge in [0.15, 0.2) is 0 Å². The second-order valence-corrected chi connectivity index (χ2v) is 6.12. The van der Waals surface area contributed by atoms with E-state index in [1.165, 1.54) is 17.7 Å². The molecule has 1 heterocycles. The van der Waals surface area contributed by atoms with Gasteiger partial charge in [0.1, 0.15) is 5.82 Å². The van der Waals surface area contributed by atoms with E-state index in [1.807, 2.05) is 23.1 Å². The molecule has 1 saturated heterocycles. The maximum absolute atomic E-state index is 13.3. The Labute approximate surface area is 148 Å². The normalized spacial score (nSPS) is 19.8. The summed E-state index contributed by atoms with van der Waals surface area (Å²) in [6.45, 7) is 1.91. The first-order valence-corrected chi connectivity index (χ1v) is 7.94. The molecule has 0 bridgehead atoms. The summed E-state index contributed by atoms with van der Waals surface area (Å²) >= 11 is 0. The standard InChI is InChI=1S/C19H21FN2O.ClH/c20-17-8-4-5-14(9-17)10-19(23)22-12-16(11-21)18(13-22)15-6-2-1-3-7-15;/h1-9,16,18H,10-13,21H2;1H/t16-,18+;/m1./s1. The molecule has 2 N–H and O–H groups in total. The average molecular weight is 349 g/mol. The molecule has 2 atom stereocenters. The van der Waals surface area contributed by atoms with Crippen molar-refractivity contribution in [1.29, 1.82) is 0 Å². The second kappa shape index (κ2) is 8.27. The van der Waals surface area contributed by atoms with Gasteiger partial charge in [-0.25, -0.2) is 4.39 Å². The van der Waals surface area contributed by atoms with Crippen LogP contribution >= 0.6 is 12.4 Å². The Bertz CT molecular complexity index is 680. The van der Waals surface area contributed by atoms with Crippen LogP contribution < -0.4 is 5.73 Å². The summed E-state index contributed by atoms with van der Waals surface area (Å²) in [5.41, 5.74) is 7.85. The topological polar surface area (TPSA) is 46.3 Å². The van der Waals surface area contributed by atoms with Crippen LogP contribution in [0, 0.1) is 11.7 Å². The quantitative estimate of drug-likeness (QED) is 0.923. The van der Waals surface area contributed by atoms with Crippen LogP contribution in [-0.4, -0.2) is 30.4 Å². The van der Waals surface area contributed by atoms with Gasteiger partial charge in [0, 0.05) is 19.0 Å². The number of likely N-dealkylation sites (tertiary alicyclic amines) is 1. The van der Waals surface area contributed by atoms with Gasteiger partial charge in [-0.3, -0.25) is 4.79 Å². The molecule has 0 spiro atoms. The average Bonchev–Trinajstić information content (AvgIpc) is 3.00. The number of benzene rings is 2. The SMILES string of the molecule is Cl.NC[C@@H]1CN(C(=O)Cc2cccc(F)c2)C[C@H]1c1ccccc1. The summed E-state index contributed by atoms with van der Waals surface area (Å²) in [5, 5.41) is 0. The molecular weight excluding hydrogens is 327 g/mol. The smallest absolute Gasteiger partial charge is 0.227 e. The van der Waals surface area contributed by atoms with Crippen LogP contribution in [0.25, 0.3) is 0 Å². The van der Waals surface area contributed by atoms with Gasteiger partial charge in [-0.05, 0) is 35.7 Å². The Morgan fingerprint density at radius 1 is 1.12 bits per heavy atom. The largest absolute Gasteiger partial charge is 0.341 e. The highest BCUT2D eigenvalue weighted by molar-refractivity contribution is 5.85. The van der Waals surface area contributed by atoms with Crippen molar-refractivity contribution in [2.24, 2.45) is 11.7 Å².